The van der Waals surface area contributed by atoms with Gasteiger partial charge in [-0.3, -0.25) is 4.79 Å². The van der Waals surface area contributed by atoms with Gasteiger partial charge in [0.1, 0.15) is 0 Å². The minimum absolute atomic E-state index is 0.00530. The highest BCUT2D eigenvalue weighted by Crippen LogP contribution is 2.25. The van der Waals surface area contributed by atoms with Gasteiger partial charge in [-0.05, 0) is 36.5 Å². The Morgan fingerprint density at radius 1 is 1.08 bits per heavy atom. The van der Waals surface area contributed by atoms with E-state index >= 15 is 0 Å². The third kappa shape index (κ3) is 4.08. The molecular formula is C19H28N2O3. The molecule has 1 saturated heterocycles. The van der Waals surface area contributed by atoms with Crippen molar-refractivity contribution < 1.29 is 14.3 Å². The summed E-state index contributed by atoms with van der Waals surface area (Å²) in [6.07, 6.45) is -0.296. The Balaban J connectivity index is 2.09. The number of carbonyl (C=O) groups is 2. The second kappa shape index (κ2) is 7.24. The topological polar surface area (TPSA) is 49.9 Å². The number of rotatable bonds is 2. The Morgan fingerprint density at radius 2 is 1.67 bits per heavy atom. The van der Waals surface area contributed by atoms with Crippen molar-refractivity contribution in [2.45, 2.75) is 40.0 Å². The number of aryl methyl sites for hydroxylation is 1. The molecule has 5 heteroatoms. The molecule has 1 heterocycles. The van der Waals surface area contributed by atoms with E-state index < -0.39 is 0 Å². The van der Waals surface area contributed by atoms with Crippen LogP contribution in [0.1, 0.15) is 49.2 Å². The van der Waals surface area contributed by atoms with Crippen LogP contribution >= 0.6 is 0 Å². The monoisotopic (exact) mass is 332 g/mol. The molecule has 1 aromatic rings. The number of hydrogen-bond donors (Lipinski definition) is 0. The second-order valence-corrected chi connectivity index (χ2v) is 7.26. The Bertz CT molecular complexity index is 612. The van der Waals surface area contributed by atoms with Crippen molar-refractivity contribution in [1.82, 2.24) is 9.80 Å². The standard InChI is InChI=1S/C19H28N2O3/c1-6-24-18(23)21-11-9-20(10-12-21)17(22)16-13-15(19(3,4)5)8-7-14(16)2/h7-8,13H,6,9-12H2,1-5H3. The largest absolute Gasteiger partial charge is 0.450 e. The van der Waals surface area contributed by atoms with Crippen molar-refractivity contribution in [1.29, 1.82) is 0 Å². The summed E-state index contributed by atoms with van der Waals surface area (Å²) in [5, 5.41) is 0. The number of ether oxygens (including phenoxy) is 1. The van der Waals surface area contributed by atoms with Gasteiger partial charge in [0, 0.05) is 31.7 Å². The maximum atomic E-state index is 12.9. The Labute approximate surface area is 144 Å². The minimum atomic E-state index is -0.296. The molecule has 0 unspecified atom stereocenters. The average Bonchev–Trinajstić information content (AvgIpc) is 2.54. The first kappa shape index (κ1) is 18.3. The van der Waals surface area contributed by atoms with Gasteiger partial charge in [-0.1, -0.05) is 32.9 Å². The molecule has 0 N–H and O–H groups in total. The molecule has 0 radical (unpaired) electrons. The Morgan fingerprint density at radius 3 is 2.21 bits per heavy atom. The highest BCUT2D eigenvalue weighted by Gasteiger charge is 2.27. The molecular weight excluding hydrogens is 304 g/mol. The molecule has 24 heavy (non-hydrogen) atoms. The maximum Gasteiger partial charge on any atom is 0.409 e. The van der Waals surface area contributed by atoms with Gasteiger partial charge < -0.3 is 14.5 Å². The zero-order valence-corrected chi connectivity index (χ0v) is 15.4. The molecule has 0 bridgehead atoms. The van der Waals surface area contributed by atoms with Gasteiger partial charge in [-0.15, -0.1) is 0 Å². The second-order valence-electron chi connectivity index (χ2n) is 7.26. The van der Waals surface area contributed by atoms with Crippen molar-refractivity contribution in [2.75, 3.05) is 32.8 Å². The zero-order chi connectivity index (χ0) is 17.9. The van der Waals surface area contributed by atoms with Crippen LogP contribution in [0, 0.1) is 6.92 Å². The van der Waals surface area contributed by atoms with Crippen LogP contribution in [0.3, 0.4) is 0 Å². The molecule has 1 fully saturated rings. The Hall–Kier alpha value is -2.04. The lowest BCUT2D eigenvalue weighted by Gasteiger charge is -2.34. The van der Waals surface area contributed by atoms with E-state index in [4.69, 9.17) is 4.74 Å². The maximum absolute atomic E-state index is 12.9. The summed E-state index contributed by atoms with van der Waals surface area (Å²) in [6.45, 7) is 12.7. The normalized spacial score (nSPS) is 15.4. The number of piperazine rings is 1. The van der Waals surface area contributed by atoms with Gasteiger partial charge in [-0.2, -0.15) is 0 Å². The Kier molecular flexibility index (Phi) is 5.52. The van der Waals surface area contributed by atoms with Gasteiger partial charge in [0.15, 0.2) is 0 Å². The SMILES string of the molecule is CCOC(=O)N1CCN(C(=O)c2cc(C(C)(C)C)ccc2C)CC1. The summed E-state index contributed by atoms with van der Waals surface area (Å²) < 4.78 is 5.02. The number of benzene rings is 1. The van der Waals surface area contributed by atoms with Gasteiger partial charge >= 0.3 is 6.09 Å². The van der Waals surface area contributed by atoms with Crippen LogP contribution in [0.5, 0.6) is 0 Å². The van der Waals surface area contributed by atoms with E-state index in [2.05, 4.69) is 26.8 Å². The molecule has 2 rings (SSSR count). The first-order chi connectivity index (χ1) is 11.2. The van der Waals surface area contributed by atoms with Crippen LogP contribution in [0.2, 0.25) is 0 Å². The van der Waals surface area contributed by atoms with Crippen LogP contribution in [0.4, 0.5) is 4.79 Å². The smallest absolute Gasteiger partial charge is 0.409 e. The van der Waals surface area contributed by atoms with Crippen LogP contribution in [-0.4, -0.2) is 54.6 Å². The predicted molar refractivity (Wildman–Crippen MR) is 94.4 cm³/mol. The van der Waals surface area contributed by atoms with E-state index in [0.717, 1.165) is 16.7 Å². The lowest BCUT2D eigenvalue weighted by molar-refractivity contribution is 0.0569. The summed E-state index contributed by atoms with van der Waals surface area (Å²) in [7, 11) is 0. The molecule has 0 aromatic heterocycles. The summed E-state index contributed by atoms with van der Waals surface area (Å²) >= 11 is 0. The highest BCUT2D eigenvalue weighted by molar-refractivity contribution is 5.96. The van der Waals surface area contributed by atoms with Crippen LogP contribution in [0.25, 0.3) is 0 Å². The molecule has 2 amide bonds. The fourth-order valence-electron chi connectivity index (χ4n) is 2.80. The van der Waals surface area contributed by atoms with E-state index in [1.54, 1.807) is 11.8 Å². The number of hydrogen-bond acceptors (Lipinski definition) is 3. The van der Waals surface area contributed by atoms with Crippen LogP contribution in [-0.2, 0) is 10.2 Å². The van der Waals surface area contributed by atoms with E-state index in [1.807, 2.05) is 24.0 Å². The van der Waals surface area contributed by atoms with Crippen molar-refractivity contribution in [3.8, 4) is 0 Å². The molecule has 1 aromatic carbocycles. The van der Waals surface area contributed by atoms with E-state index in [0.29, 0.717) is 32.8 Å². The van der Waals surface area contributed by atoms with Crippen molar-refractivity contribution in [3.05, 3.63) is 34.9 Å². The predicted octanol–water partition coefficient (Wildman–Crippen LogP) is 3.21. The molecule has 1 aliphatic rings. The fourth-order valence-corrected chi connectivity index (χ4v) is 2.80. The van der Waals surface area contributed by atoms with Crippen molar-refractivity contribution >= 4 is 12.0 Å². The first-order valence-corrected chi connectivity index (χ1v) is 8.56. The third-order valence-corrected chi connectivity index (χ3v) is 4.43. The van der Waals surface area contributed by atoms with E-state index in [9.17, 15) is 9.59 Å². The molecule has 0 aliphatic carbocycles. The minimum Gasteiger partial charge on any atom is -0.450 e. The summed E-state index contributed by atoms with van der Waals surface area (Å²) in [5.74, 6) is 0.0436. The van der Waals surface area contributed by atoms with Crippen molar-refractivity contribution in [3.63, 3.8) is 0 Å². The highest BCUT2D eigenvalue weighted by atomic mass is 16.6. The number of carbonyl (C=O) groups excluding carboxylic acids is 2. The summed E-state index contributed by atoms with van der Waals surface area (Å²) in [4.78, 5) is 28.1. The first-order valence-electron chi connectivity index (χ1n) is 8.56. The fraction of sp³-hybridized carbons (Fsp3) is 0.579. The molecule has 0 saturated carbocycles. The number of nitrogens with zero attached hydrogens (tertiary/aromatic N) is 2. The average molecular weight is 332 g/mol. The van der Waals surface area contributed by atoms with Gasteiger partial charge in [0.2, 0.25) is 0 Å². The molecule has 1 aliphatic heterocycles. The van der Waals surface area contributed by atoms with Crippen LogP contribution in [0.15, 0.2) is 18.2 Å². The molecule has 0 spiro atoms. The van der Waals surface area contributed by atoms with E-state index in [1.165, 1.54) is 0 Å². The molecule has 132 valence electrons. The van der Waals surface area contributed by atoms with Crippen molar-refractivity contribution in [2.24, 2.45) is 0 Å². The van der Waals surface area contributed by atoms with E-state index in [-0.39, 0.29) is 17.4 Å². The molecule has 5 nitrogen and oxygen atoms in total. The third-order valence-electron chi connectivity index (χ3n) is 4.43. The lowest BCUT2D eigenvalue weighted by atomic mass is 9.85. The summed E-state index contributed by atoms with van der Waals surface area (Å²) in [5.41, 5.74) is 2.90. The number of amides is 2. The zero-order valence-electron chi connectivity index (χ0n) is 15.4. The quantitative estimate of drug-likeness (QED) is 0.835. The van der Waals surface area contributed by atoms with Gasteiger partial charge in [0.25, 0.3) is 5.91 Å². The van der Waals surface area contributed by atoms with Gasteiger partial charge in [0.05, 0.1) is 6.61 Å². The van der Waals surface area contributed by atoms with Gasteiger partial charge in [-0.25, -0.2) is 4.79 Å². The molecule has 0 atom stereocenters. The lowest BCUT2D eigenvalue weighted by Crippen LogP contribution is -2.50. The summed E-state index contributed by atoms with van der Waals surface area (Å²) in [6, 6.07) is 6.11. The van der Waals surface area contributed by atoms with Crippen LogP contribution < -0.4 is 0 Å².